The Labute approximate surface area is 490 Å². The number of carbonyl (C=O) groups excluding carboxylic acids is 3. The van der Waals surface area contributed by atoms with Crippen molar-refractivity contribution in [3.63, 3.8) is 0 Å². The van der Waals surface area contributed by atoms with Gasteiger partial charge in [-0.15, -0.1) is 0 Å². The fourth-order valence-electron chi connectivity index (χ4n) is 9.84. The fourth-order valence-corrected chi connectivity index (χ4v) is 9.84. The topological polar surface area (TPSA) is 78.9 Å². The van der Waals surface area contributed by atoms with Gasteiger partial charge >= 0.3 is 17.9 Å². The summed E-state index contributed by atoms with van der Waals surface area (Å²) in [5.41, 5.74) is 0. The van der Waals surface area contributed by atoms with Crippen LogP contribution in [0.5, 0.6) is 0 Å². The quantitative estimate of drug-likeness (QED) is 0.0261. The van der Waals surface area contributed by atoms with Gasteiger partial charge in [0.25, 0.3) is 0 Å². The minimum atomic E-state index is -0.778. The molecular weight excluding hydrogens is 973 g/mol. The third-order valence-electron chi connectivity index (χ3n) is 14.9. The summed E-state index contributed by atoms with van der Waals surface area (Å²) >= 11 is 0. The Hall–Kier alpha value is -3.41. The molecule has 0 fully saturated rings. The summed E-state index contributed by atoms with van der Waals surface area (Å²) in [6.45, 7) is 6.54. The van der Waals surface area contributed by atoms with Gasteiger partial charge < -0.3 is 14.2 Å². The van der Waals surface area contributed by atoms with Gasteiger partial charge in [-0.2, -0.15) is 0 Å². The molecule has 0 spiro atoms. The molecule has 1 unspecified atom stereocenters. The molecule has 0 heterocycles. The molecule has 6 heteroatoms. The molecule has 0 radical (unpaired) electrons. The van der Waals surface area contributed by atoms with E-state index in [2.05, 4.69) is 106 Å². The van der Waals surface area contributed by atoms with E-state index in [9.17, 15) is 14.4 Å². The molecule has 0 aliphatic rings. The number of hydrogen-bond acceptors (Lipinski definition) is 6. The van der Waals surface area contributed by atoms with Crippen molar-refractivity contribution >= 4 is 17.9 Å². The van der Waals surface area contributed by atoms with Crippen molar-refractivity contribution in [1.29, 1.82) is 0 Å². The van der Waals surface area contributed by atoms with Gasteiger partial charge in [0.1, 0.15) is 13.2 Å². The number of hydrogen-bond donors (Lipinski definition) is 0. The lowest BCUT2D eigenvalue weighted by molar-refractivity contribution is -0.167. The van der Waals surface area contributed by atoms with Crippen LogP contribution in [0.2, 0.25) is 0 Å². The molecule has 0 aliphatic carbocycles. The molecule has 0 aromatic carbocycles. The first-order valence-electron chi connectivity index (χ1n) is 34.1. The van der Waals surface area contributed by atoms with Crippen molar-refractivity contribution in [3.8, 4) is 0 Å². The Kier molecular flexibility index (Phi) is 64.2. The molecule has 0 rings (SSSR count). The van der Waals surface area contributed by atoms with Gasteiger partial charge in [0.15, 0.2) is 6.10 Å². The molecule has 0 aromatic rings. The van der Waals surface area contributed by atoms with Gasteiger partial charge in [-0.1, -0.05) is 331 Å². The molecule has 0 saturated carbocycles. The lowest BCUT2D eigenvalue weighted by Crippen LogP contribution is -2.30. The average Bonchev–Trinajstić information content (AvgIpc) is 3.45. The lowest BCUT2D eigenvalue weighted by atomic mass is 10.0. The molecule has 6 nitrogen and oxygen atoms in total. The van der Waals surface area contributed by atoms with Crippen LogP contribution < -0.4 is 0 Å². The van der Waals surface area contributed by atoms with Crippen LogP contribution in [0.25, 0.3) is 0 Å². The smallest absolute Gasteiger partial charge is 0.306 e. The van der Waals surface area contributed by atoms with Crippen molar-refractivity contribution in [2.75, 3.05) is 13.2 Å². The first-order valence-corrected chi connectivity index (χ1v) is 34.1. The van der Waals surface area contributed by atoms with Gasteiger partial charge in [-0.05, 0) is 77.0 Å². The first kappa shape index (κ1) is 75.6. The molecule has 0 amide bonds. The van der Waals surface area contributed by atoms with E-state index < -0.39 is 6.10 Å². The minimum absolute atomic E-state index is 0.0754. The number of carbonyl (C=O) groups is 3. The van der Waals surface area contributed by atoms with Crippen LogP contribution in [0.1, 0.15) is 342 Å². The molecule has 0 saturated heterocycles. The van der Waals surface area contributed by atoms with Crippen LogP contribution >= 0.6 is 0 Å². The number of ether oxygens (including phenoxy) is 3. The molecule has 0 aromatic heterocycles. The van der Waals surface area contributed by atoms with Gasteiger partial charge in [-0.3, -0.25) is 14.4 Å². The van der Waals surface area contributed by atoms with Gasteiger partial charge in [0.2, 0.25) is 0 Å². The van der Waals surface area contributed by atoms with Crippen LogP contribution in [0.15, 0.2) is 85.1 Å². The van der Waals surface area contributed by atoms with Crippen molar-refractivity contribution in [2.24, 2.45) is 0 Å². The number of allylic oxidation sites excluding steroid dienone is 14. The lowest BCUT2D eigenvalue weighted by Gasteiger charge is -2.18. The highest BCUT2D eigenvalue weighted by Gasteiger charge is 2.19. The number of rotatable bonds is 62. The van der Waals surface area contributed by atoms with Crippen molar-refractivity contribution in [3.05, 3.63) is 85.1 Å². The highest BCUT2D eigenvalue weighted by atomic mass is 16.6. The van der Waals surface area contributed by atoms with E-state index in [1.54, 1.807) is 0 Å². The van der Waals surface area contributed by atoms with Crippen LogP contribution in [-0.2, 0) is 28.6 Å². The highest BCUT2D eigenvalue weighted by Crippen LogP contribution is 2.18. The molecular formula is C73H128O6. The zero-order valence-electron chi connectivity index (χ0n) is 52.4. The third kappa shape index (κ3) is 65.3. The monoisotopic (exact) mass is 1100 g/mol. The SMILES string of the molecule is CC/C=C\C/C=C\C/C=C\C/C=C\C/C=C\C/C=C\C/C=C\CCCCCCCCCC(=O)OCC(COC(=O)CCCCCCCCCCC)OC(=O)CCCCCCCCCCCCCCCCCCCCCCCCC. The summed E-state index contributed by atoms with van der Waals surface area (Å²) in [7, 11) is 0. The van der Waals surface area contributed by atoms with Gasteiger partial charge in [-0.25, -0.2) is 0 Å². The second-order valence-corrected chi connectivity index (χ2v) is 22.7. The van der Waals surface area contributed by atoms with E-state index in [-0.39, 0.29) is 31.1 Å². The second-order valence-electron chi connectivity index (χ2n) is 22.7. The Morgan fingerprint density at radius 1 is 0.266 bits per heavy atom. The number of unbranched alkanes of at least 4 members (excludes halogenated alkanes) is 37. The molecule has 79 heavy (non-hydrogen) atoms. The fraction of sp³-hybridized carbons (Fsp3) is 0.767. The predicted molar refractivity (Wildman–Crippen MR) is 344 cm³/mol. The van der Waals surface area contributed by atoms with Crippen LogP contribution in [0.4, 0.5) is 0 Å². The summed E-state index contributed by atoms with van der Waals surface area (Å²) in [5.74, 6) is -0.873. The number of esters is 3. The van der Waals surface area contributed by atoms with Gasteiger partial charge in [0, 0.05) is 19.3 Å². The zero-order valence-corrected chi connectivity index (χ0v) is 52.4. The maximum Gasteiger partial charge on any atom is 0.306 e. The summed E-state index contributed by atoms with van der Waals surface area (Å²) in [4.78, 5) is 38.3. The second kappa shape index (κ2) is 67.1. The van der Waals surface area contributed by atoms with Crippen molar-refractivity contribution in [1.82, 2.24) is 0 Å². The third-order valence-corrected chi connectivity index (χ3v) is 14.9. The predicted octanol–water partition coefficient (Wildman–Crippen LogP) is 23.4. The van der Waals surface area contributed by atoms with Crippen LogP contribution in [-0.4, -0.2) is 37.2 Å². The van der Waals surface area contributed by atoms with Crippen LogP contribution in [0, 0.1) is 0 Å². The largest absolute Gasteiger partial charge is 0.462 e. The Morgan fingerprint density at radius 3 is 0.772 bits per heavy atom. The van der Waals surface area contributed by atoms with E-state index in [1.807, 2.05) is 0 Å². The molecule has 0 aliphatic heterocycles. The maximum absolute atomic E-state index is 12.9. The average molecular weight is 1100 g/mol. The minimum Gasteiger partial charge on any atom is -0.462 e. The van der Waals surface area contributed by atoms with E-state index in [4.69, 9.17) is 14.2 Å². The van der Waals surface area contributed by atoms with Gasteiger partial charge in [0.05, 0.1) is 0 Å². The molecule has 0 N–H and O–H groups in total. The molecule has 0 bridgehead atoms. The first-order chi connectivity index (χ1) is 39.0. The van der Waals surface area contributed by atoms with Crippen molar-refractivity contribution in [2.45, 2.75) is 348 Å². The van der Waals surface area contributed by atoms with E-state index in [1.165, 1.54) is 193 Å². The zero-order chi connectivity index (χ0) is 57.1. The van der Waals surface area contributed by atoms with Crippen LogP contribution in [0.3, 0.4) is 0 Å². The Bertz CT molecular complexity index is 1500. The van der Waals surface area contributed by atoms with E-state index in [0.717, 1.165) is 109 Å². The maximum atomic E-state index is 12.9. The Balaban J connectivity index is 4.20. The normalized spacial score (nSPS) is 12.6. The summed E-state index contributed by atoms with van der Waals surface area (Å²) in [5, 5.41) is 0. The van der Waals surface area contributed by atoms with E-state index in [0.29, 0.717) is 19.3 Å². The highest BCUT2D eigenvalue weighted by molar-refractivity contribution is 5.71. The summed E-state index contributed by atoms with van der Waals surface area (Å²) in [6, 6.07) is 0. The van der Waals surface area contributed by atoms with E-state index >= 15 is 0 Å². The Morgan fingerprint density at radius 2 is 0.494 bits per heavy atom. The van der Waals surface area contributed by atoms with Crippen molar-refractivity contribution < 1.29 is 28.6 Å². The molecule has 1 atom stereocenters. The standard InChI is InChI=1S/C73H128O6/c1-4-7-10-13-16-19-21-23-25-27-29-31-33-34-35-36-37-38-40-41-43-45-47-49-51-54-57-60-63-66-72(75)78-69-70(68-77-71(74)65-62-59-56-53-18-15-12-9-6-3)79-73(76)67-64-61-58-55-52-50-48-46-44-42-39-32-30-28-26-24-22-20-17-14-11-8-5-2/h7,10,16,19,23,25,29,31,34-35,37-38,41,43,70H,4-6,8-9,11-15,17-18,20-22,24,26-28,30,32-33,36,39-40,42,44-69H2,1-3H3/b10-7-,19-16-,25-23-,31-29-,35-34-,38-37-,43-41-. The summed E-state index contributed by atoms with van der Waals surface area (Å²) < 4.78 is 16.9. The summed E-state index contributed by atoms with van der Waals surface area (Å²) in [6.07, 6.45) is 89.0. The molecule has 456 valence electrons.